The Morgan fingerprint density at radius 3 is 1.93 bits per heavy atom. The smallest absolute Gasteiger partial charge is 0.303 e. The molecule has 0 aliphatic heterocycles. The molecule has 0 spiro atoms. The van der Waals surface area contributed by atoms with Crippen LogP contribution in [0.15, 0.2) is 22.8 Å². The average Bonchev–Trinajstić information content (AvgIpc) is 3.10. The van der Waals surface area contributed by atoms with Gasteiger partial charge in [0, 0.05) is 17.1 Å². The van der Waals surface area contributed by atoms with Gasteiger partial charge in [0.15, 0.2) is 0 Å². The zero-order chi connectivity index (χ0) is 22.2. The number of fused-ring (bicyclic) bond motifs is 1. The third-order valence-corrected chi connectivity index (χ3v) is 6.49. The number of nitrogens with one attached hydrogen (secondary N) is 1. The van der Waals surface area contributed by atoms with Crippen molar-refractivity contribution in [3.8, 4) is 5.75 Å². The molecular weight excluding hydrogens is 466 g/mol. The molecule has 0 fully saturated rings. The Bertz CT molecular complexity index is 733. The lowest BCUT2D eigenvalue weighted by Gasteiger charge is -2.02. The fourth-order valence-electron chi connectivity index (χ4n) is 3.43. The van der Waals surface area contributed by atoms with Crippen molar-refractivity contribution in [3.63, 3.8) is 0 Å². The topological polar surface area (TPSA) is 73.3 Å². The summed E-state index contributed by atoms with van der Waals surface area (Å²) in [6.07, 6.45) is 18.8. The number of carboxylic acids is 1. The molecule has 0 unspecified atom stereocenters. The number of hydrogen-bond acceptors (Lipinski definition) is 2. The summed E-state index contributed by atoms with van der Waals surface area (Å²) in [6, 6.07) is 3.69. The quantitative estimate of drug-likeness (QED) is 0.226. The molecule has 0 saturated carbocycles. The Labute approximate surface area is 194 Å². The Morgan fingerprint density at radius 2 is 1.43 bits per heavy atom. The average molecular weight is 503 g/mol. The molecule has 0 amide bonds. The molecule has 0 bridgehead atoms. The van der Waals surface area contributed by atoms with Gasteiger partial charge in [-0.3, -0.25) is 4.79 Å². The number of H-pyrrole nitrogens is 1. The van der Waals surface area contributed by atoms with E-state index in [1.165, 1.54) is 76.8 Å². The lowest BCUT2D eigenvalue weighted by atomic mass is 10.0. The second-order valence-electron chi connectivity index (χ2n) is 7.84. The molecule has 30 heavy (non-hydrogen) atoms. The maximum absolute atomic E-state index is 10.3. The highest BCUT2D eigenvalue weighted by Gasteiger charge is 2.08. The molecule has 2 rings (SSSR count). The maximum atomic E-state index is 10.3. The van der Waals surface area contributed by atoms with Crippen LogP contribution in [0, 0.1) is 0 Å². The van der Waals surface area contributed by atoms with Gasteiger partial charge in [-0.15, -0.1) is 0 Å². The van der Waals surface area contributed by atoms with Crippen molar-refractivity contribution in [2.45, 2.75) is 96.8 Å². The van der Waals surface area contributed by atoms with E-state index in [0.29, 0.717) is 16.8 Å². The molecule has 1 aromatic heterocycles. The number of benzene rings is 1. The molecule has 1 heterocycles. The van der Waals surface area contributed by atoms with Crippen LogP contribution in [-0.4, -0.2) is 21.2 Å². The summed E-state index contributed by atoms with van der Waals surface area (Å²) in [5.74, 6) is -0.477. The van der Waals surface area contributed by atoms with Gasteiger partial charge >= 0.3 is 5.97 Å². The van der Waals surface area contributed by atoms with Crippen molar-refractivity contribution in [2.75, 3.05) is 0 Å². The largest absolute Gasteiger partial charge is 0.506 e. The number of carboxylic acid groups (broad SMARTS) is 1. The Balaban J connectivity index is 0.000000321. The number of aliphatic carboxylic acids is 1. The van der Waals surface area contributed by atoms with E-state index in [1.807, 2.05) is 12.1 Å². The Morgan fingerprint density at radius 1 is 0.933 bits per heavy atom. The summed E-state index contributed by atoms with van der Waals surface area (Å²) in [6.45, 7) is 2.26. The van der Waals surface area contributed by atoms with Crippen molar-refractivity contribution < 1.29 is 15.0 Å². The molecule has 1 aromatic carbocycles. The molecule has 0 aliphatic rings. The van der Waals surface area contributed by atoms with Crippen molar-refractivity contribution >= 4 is 44.4 Å². The van der Waals surface area contributed by atoms with E-state index in [4.69, 9.17) is 16.7 Å². The summed E-state index contributed by atoms with van der Waals surface area (Å²) in [4.78, 5) is 13.2. The van der Waals surface area contributed by atoms with Gasteiger partial charge in [-0.25, -0.2) is 0 Å². The van der Waals surface area contributed by atoms with Crippen LogP contribution in [0.25, 0.3) is 10.9 Å². The summed E-state index contributed by atoms with van der Waals surface area (Å²) in [5, 5.41) is 19.1. The lowest BCUT2D eigenvalue weighted by Crippen LogP contribution is -1.93. The van der Waals surface area contributed by atoms with Crippen LogP contribution in [0.2, 0.25) is 5.02 Å². The summed E-state index contributed by atoms with van der Waals surface area (Å²) in [5.41, 5.74) is 0.834. The van der Waals surface area contributed by atoms with Crippen molar-refractivity contribution in [1.82, 2.24) is 4.98 Å². The third kappa shape index (κ3) is 11.3. The first-order valence-electron chi connectivity index (χ1n) is 11.3. The van der Waals surface area contributed by atoms with Crippen molar-refractivity contribution in [2.24, 2.45) is 0 Å². The number of carbonyl (C=O) groups is 1. The number of aromatic amines is 1. The fraction of sp³-hybridized carbons (Fsp3) is 0.625. The minimum absolute atomic E-state index is 0.177. The van der Waals surface area contributed by atoms with Crippen LogP contribution < -0.4 is 0 Å². The zero-order valence-electron chi connectivity index (χ0n) is 18.2. The van der Waals surface area contributed by atoms with Crippen LogP contribution in [0.1, 0.15) is 96.8 Å². The zero-order valence-corrected chi connectivity index (χ0v) is 20.5. The first-order chi connectivity index (χ1) is 14.5. The number of hydrogen-bond donors (Lipinski definition) is 3. The number of halogens is 2. The monoisotopic (exact) mass is 501 g/mol. The van der Waals surface area contributed by atoms with Crippen LogP contribution >= 0.6 is 27.5 Å². The van der Waals surface area contributed by atoms with E-state index in [2.05, 4.69) is 27.8 Å². The van der Waals surface area contributed by atoms with Gasteiger partial charge < -0.3 is 15.2 Å². The normalized spacial score (nSPS) is 10.8. The predicted octanol–water partition coefficient (Wildman–Crippen LogP) is 8.84. The fourth-order valence-corrected chi connectivity index (χ4v) is 4.03. The number of rotatable bonds is 14. The second-order valence-corrected chi connectivity index (χ2v) is 9.08. The van der Waals surface area contributed by atoms with Gasteiger partial charge in [-0.2, -0.15) is 0 Å². The first-order valence-corrected chi connectivity index (χ1v) is 12.5. The van der Waals surface area contributed by atoms with Crippen LogP contribution in [-0.2, 0) is 4.79 Å². The minimum atomic E-state index is -0.655. The first kappa shape index (κ1) is 26.8. The summed E-state index contributed by atoms with van der Waals surface area (Å²) < 4.78 is 0.784. The molecule has 170 valence electrons. The molecule has 6 heteroatoms. The third-order valence-electron chi connectivity index (χ3n) is 5.21. The van der Waals surface area contributed by atoms with Crippen LogP contribution in [0.4, 0.5) is 0 Å². The van der Waals surface area contributed by atoms with E-state index in [0.717, 1.165) is 22.8 Å². The highest BCUT2D eigenvalue weighted by Crippen LogP contribution is 2.35. The number of aromatic hydroxyl groups is 1. The molecule has 3 N–H and O–H groups in total. The maximum Gasteiger partial charge on any atom is 0.303 e. The predicted molar refractivity (Wildman–Crippen MR) is 131 cm³/mol. The molecular formula is C24H37BrClNO3. The standard InChI is InChI=1S/C16H32O2.C8H5BrClNO/c1-2-3-4-5-6-7-8-9-10-11-12-13-14-15-16(17)18;9-4-1-2-5-7(8(4)10)6(12)3-11-5/h2-15H2,1H3,(H,17,18);1-3,11-12H. The van der Waals surface area contributed by atoms with E-state index >= 15 is 0 Å². The highest BCUT2D eigenvalue weighted by molar-refractivity contribution is 9.10. The summed E-state index contributed by atoms with van der Waals surface area (Å²) in [7, 11) is 0. The second kappa shape index (κ2) is 16.5. The van der Waals surface area contributed by atoms with E-state index in [9.17, 15) is 9.90 Å². The highest BCUT2D eigenvalue weighted by atomic mass is 79.9. The van der Waals surface area contributed by atoms with Crippen molar-refractivity contribution in [1.29, 1.82) is 0 Å². The van der Waals surface area contributed by atoms with Gasteiger partial charge in [-0.1, -0.05) is 95.6 Å². The Hall–Kier alpha value is -1.20. The van der Waals surface area contributed by atoms with Crippen LogP contribution in [0.5, 0.6) is 5.75 Å². The molecule has 0 radical (unpaired) electrons. The number of unbranched alkanes of at least 4 members (excludes halogenated alkanes) is 12. The molecule has 4 nitrogen and oxygen atoms in total. The van der Waals surface area contributed by atoms with Gasteiger partial charge in [0.1, 0.15) is 5.75 Å². The molecule has 0 saturated heterocycles. The Kier molecular flexibility index (Phi) is 14.7. The van der Waals surface area contributed by atoms with E-state index in [1.54, 1.807) is 0 Å². The van der Waals surface area contributed by atoms with Gasteiger partial charge in [0.25, 0.3) is 0 Å². The minimum Gasteiger partial charge on any atom is -0.506 e. The van der Waals surface area contributed by atoms with Gasteiger partial charge in [0.2, 0.25) is 0 Å². The lowest BCUT2D eigenvalue weighted by molar-refractivity contribution is -0.137. The molecule has 2 aromatic rings. The summed E-state index contributed by atoms with van der Waals surface area (Å²) >= 11 is 9.22. The molecule has 0 aliphatic carbocycles. The van der Waals surface area contributed by atoms with Crippen LogP contribution in [0.3, 0.4) is 0 Å². The van der Waals surface area contributed by atoms with Gasteiger partial charge in [0.05, 0.1) is 15.9 Å². The number of aromatic nitrogens is 1. The SMILES string of the molecule is CCCCCCCCCCCCCCCC(=O)O.Oc1c[nH]c2ccc(Br)c(Cl)c12. The molecule has 0 atom stereocenters. The van der Waals surface area contributed by atoms with E-state index < -0.39 is 5.97 Å². The van der Waals surface area contributed by atoms with E-state index in [-0.39, 0.29) is 5.75 Å². The van der Waals surface area contributed by atoms with Gasteiger partial charge in [-0.05, 0) is 34.5 Å². The van der Waals surface area contributed by atoms with Crippen molar-refractivity contribution in [3.05, 3.63) is 27.8 Å².